The molecule has 0 aliphatic carbocycles. The van der Waals surface area contributed by atoms with E-state index in [1.54, 1.807) is 7.11 Å². The van der Waals surface area contributed by atoms with Crippen LogP contribution in [0.5, 0.6) is 0 Å². The van der Waals surface area contributed by atoms with Crippen molar-refractivity contribution in [3.8, 4) is 0 Å². The zero-order valence-electron chi connectivity index (χ0n) is 10.1. The van der Waals surface area contributed by atoms with E-state index in [-0.39, 0.29) is 12.2 Å². The molecular weight excluding hydrogens is 249 g/mol. The second-order valence-corrected chi connectivity index (χ2v) is 6.07. The number of nitrogens with one attached hydrogen (secondary N) is 1. The van der Waals surface area contributed by atoms with Crippen LogP contribution in [0.25, 0.3) is 0 Å². The van der Waals surface area contributed by atoms with Gasteiger partial charge in [-0.1, -0.05) is 0 Å². The highest BCUT2D eigenvalue weighted by molar-refractivity contribution is 7.50. The Morgan fingerprint density at radius 3 is 2.82 bits per heavy atom. The van der Waals surface area contributed by atoms with Gasteiger partial charge in [-0.2, -0.15) is 0 Å². The first-order chi connectivity index (χ1) is 7.94. The maximum Gasteiger partial charge on any atom is 0.403 e. The molecule has 5 atom stereocenters. The SMILES string of the molecule is COC[C@@]12CO[C@H]([C@H](C)O1)[C@@H]2NP(=O)(O)OC. The molecule has 0 aromatic heterocycles. The summed E-state index contributed by atoms with van der Waals surface area (Å²) in [6, 6.07) is -0.409. The Labute approximate surface area is 100.0 Å². The van der Waals surface area contributed by atoms with Crippen molar-refractivity contribution < 1.29 is 28.2 Å². The fraction of sp³-hybridized carbons (Fsp3) is 1.00. The van der Waals surface area contributed by atoms with E-state index < -0.39 is 19.4 Å². The maximum atomic E-state index is 11.6. The molecular formula is C9H18NO6P. The molecule has 0 amide bonds. The van der Waals surface area contributed by atoms with Gasteiger partial charge >= 0.3 is 7.75 Å². The van der Waals surface area contributed by atoms with Gasteiger partial charge in [0.2, 0.25) is 0 Å². The first-order valence-corrected chi connectivity index (χ1v) is 6.96. The molecule has 2 N–H and O–H groups in total. The van der Waals surface area contributed by atoms with E-state index in [9.17, 15) is 9.46 Å². The summed E-state index contributed by atoms with van der Waals surface area (Å²) in [6.07, 6.45) is -0.408. The van der Waals surface area contributed by atoms with E-state index in [1.165, 1.54) is 7.11 Å². The summed E-state index contributed by atoms with van der Waals surface area (Å²) < 4.78 is 32.6. The molecule has 7 nitrogen and oxygen atoms in total. The predicted molar refractivity (Wildman–Crippen MR) is 58.7 cm³/mol. The third-order valence-electron chi connectivity index (χ3n) is 3.24. The lowest BCUT2D eigenvalue weighted by Gasteiger charge is -2.30. The molecule has 2 fully saturated rings. The molecule has 2 bridgehead atoms. The molecule has 0 radical (unpaired) electrons. The summed E-state index contributed by atoms with van der Waals surface area (Å²) in [6.45, 7) is 2.51. The Kier molecular flexibility index (Phi) is 3.62. The van der Waals surface area contributed by atoms with E-state index >= 15 is 0 Å². The summed E-state index contributed by atoms with van der Waals surface area (Å²) in [5.41, 5.74) is -0.713. The highest BCUT2D eigenvalue weighted by Crippen LogP contribution is 2.46. The largest absolute Gasteiger partial charge is 0.403 e. The van der Waals surface area contributed by atoms with Gasteiger partial charge in [-0.25, -0.2) is 9.65 Å². The third kappa shape index (κ3) is 2.29. The molecule has 1 unspecified atom stereocenters. The molecule has 17 heavy (non-hydrogen) atoms. The molecule has 8 heteroatoms. The van der Waals surface area contributed by atoms with Gasteiger partial charge in [0, 0.05) is 14.2 Å². The van der Waals surface area contributed by atoms with Gasteiger partial charge in [-0.15, -0.1) is 0 Å². The quantitative estimate of drug-likeness (QED) is 0.672. The Balaban J connectivity index is 2.18. The first kappa shape index (κ1) is 13.4. The van der Waals surface area contributed by atoms with E-state index in [1.807, 2.05) is 6.92 Å². The molecule has 2 saturated heterocycles. The zero-order chi connectivity index (χ0) is 12.7. The lowest BCUT2D eigenvalue weighted by molar-refractivity contribution is -0.155. The molecule has 0 aromatic rings. The molecule has 2 heterocycles. The van der Waals surface area contributed by atoms with Gasteiger partial charge in [0.1, 0.15) is 11.7 Å². The van der Waals surface area contributed by atoms with E-state index in [4.69, 9.17) is 14.2 Å². The Morgan fingerprint density at radius 2 is 2.29 bits per heavy atom. The van der Waals surface area contributed by atoms with Gasteiger partial charge in [0.25, 0.3) is 0 Å². The van der Waals surface area contributed by atoms with Crippen LogP contribution in [-0.4, -0.2) is 56.2 Å². The van der Waals surface area contributed by atoms with Crippen molar-refractivity contribution in [1.29, 1.82) is 0 Å². The molecule has 0 saturated carbocycles. The van der Waals surface area contributed by atoms with Crippen LogP contribution in [0.1, 0.15) is 6.92 Å². The summed E-state index contributed by atoms with van der Waals surface area (Å²) in [5, 5.41) is 2.58. The Bertz CT molecular complexity index is 339. The van der Waals surface area contributed by atoms with Crippen molar-refractivity contribution in [3.63, 3.8) is 0 Å². The van der Waals surface area contributed by atoms with Crippen molar-refractivity contribution >= 4 is 7.75 Å². The summed E-state index contributed by atoms with van der Waals surface area (Å²) in [4.78, 5) is 9.49. The summed E-state index contributed by atoms with van der Waals surface area (Å²) in [5.74, 6) is 0. The minimum Gasteiger partial charge on any atom is -0.382 e. The topological polar surface area (TPSA) is 86.2 Å². The molecule has 100 valence electrons. The first-order valence-electron chi connectivity index (χ1n) is 5.39. The van der Waals surface area contributed by atoms with Crippen LogP contribution in [0.2, 0.25) is 0 Å². The van der Waals surface area contributed by atoms with E-state index in [0.29, 0.717) is 13.2 Å². The van der Waals surface area contributed by atoms with Crippen LogP contribution < -0.4 is 5.09 Å². The fourth-order valence-corrected chi connectivity index (χ4v) is 3.34. The minimum absolute atomic E-state index is 0.145. The van der Waals surface area contributed by atoms with Crippen molar-refractivity contribution in [3.05, 3.63) is 0 Å². The standard InChI is InChI=1S/C9H18NO6P/c1-6-7-8(10-17(11,12)14-3)9(16-6,4-13-2)5-15-7/h6-8H,4-5H2,1-3H3,(H2,10,11,12)/t6-,7+,8-,9-/m0/s1. The highest BCUT2D eigenvalue weighted by Gasteiger charge is 2.61. The molecule has 2 aliphatic heterocycles. The highest BCUT2D eigenvalue weighted by atomic mass is 31.2. The summed E-state index contributed by atoms with van der Waals surface area (Å²) in [7, 11) is -1.08. The number of ether oxygens (including phenoxy) is 3. The third-order valence-corrected chi connectivity index (χ3v) is 4.34. The van der Waals surface area contributed by atoms with Gasteiger partial charge in [0.05, 0.1) is 25.4 Å². The van der Waals surface area contributed by atoms with Gasteiger partial charge in [0.15, 0.2) is 0 Å². The van der Waals surface area contributed by atoms with Crippen molar-refractivity contribution in [2.75, 3.05) is 27.4 Å². The van der Waals surface area contributed by atoms with Crippen LogP contribution in [-0.2, 0) is 23.3 Å². The molecule has 2 rings (SSSR count). The second kappa shape index (κ2) is 4.59. The summed E-state index contributed by atoms with van der Waals surface area (Å²) >= 11 is 0. The van der Waals surface area contributed by atoms with E-state index in [0.717, 1.165) is 0 Å². The predicted octanol–water partition coefficient (Wildman–Crippen LogP) is -0.106. The normalized spacial score (nSPS) is 43.9. The van der Waals surface area contributed by atoms with Crippen LogP contribution in [0, 0.1) is 0 Å². The van der Waals surface area contributed by atoms with Crippen molar-refractivity contribution in [1.82, 2.24) is 5.09 Å². The average molecular weight is 267 g/mol. The maximum absolute atomic E-state index is 11.6. The Morgan fingerprint density at radius 1 is 1.59 bits per heavy atom. The lowest BCUT2D eigenvalue weighted by atomic mass is 9.98. The van der Waals surface area contributed by atoms with Crippen molar-refractivity contribution in [2.24, 2.45) is 0 Å². The van der Waals surface area contributed by atoms with Gasteiger partial charge in [-0.3, -0.25) is 0 Å². The molecule has 0 spiro atoms. The lowest BCUT2D eigenvalue weighted by Crippen LogP contribution is -2.50. The molecule has 2 aliphatic rings. The van der Waals surface area contributed by atoms with Crippen LogP contribution in [0.15, 0.2) is 0 Å². The average Bonchev–Trinajstić information content (AvgIpc) is 2.69. The Hall–Kier alpha value is -0.0100. The number of hydrogen-bond donors (Lipinski definition) is 2. The smallest absolute Gasteiger partial charge is 0.382 e. The van der Waals surface area contributed by atoms with E-state index in [2.05, 4.69) is 9.61 Å². The van der Waals surface area contributed by atoms with Crippen LogP contribution in [0.4, 0.5) is 0 Å². The van der Waals surface area contributed by atoms with Gasteiger partial charge in [-0.05, 0) is 6.92 Å². The molecule has 0 aromatic carbocycles. The van der Waals surface area contributed by atoms with Crippen molar-refractivity contribution in [2.45, 2.75) is 30.8 Å². The zero-order valence-corrected chi connectivity index (χ0v) is 11.0. The minimum atomic E-state index is -3.82. The van der Waals surface area contributed by atoms with Crippen LogP contribution >= 0.6 is 7.75 Å². The number of methoxy groups -OCH3 is 1. The second-order valence-electron chi connectivity index (χ2n) is 4.41. The van der Waals surface area contributed by atoms with Gasteiger partial charge < -0.3 is 23.6 Å². The monoisotopic (exact) mass is 267 g/mol. The fourth-order valence-electron chi connectivity index (χ4n) is 2.50. The number of rotatable bonds is 5. The number of hydrogen-bond acceptors (Lipinski definition) is 5. The number of fused-ring (bicyclic) bond motifs is 2. The van der Waals surface area contributed by atoms with Crippen LogP contribution in [0.3, 0.4) is 0 Å².